The fourth-order valence-electron chi connectivity index (χ4n) is 3.24. The molecule has 0 unspecified atom stereocenters. The summed E-state index contributed by atoms with van der Waals surface area (Å²) in [5.41, 5.74) is 6.73. The normalized spacial score (nSPS) is 14.0. The number of piperidine rings is 1. The predicted octanol–water partition coefficient (Wildman–Crippen LogP) is 3.63. The molecule has 0 aliphatic carbocycles. The van der Waals surface area contributed by atoms with Crippen molar-refractivity contribution < 1.29 is 23.1 Å². The van der Waals surface area contributed by atoms with Gasteiger partial charge in [0.05, 0.1) is 16.9 Å². The molecule has 0 aromatic heterocycles. The predicted molar refractivity (Wildman–Crippen MR) is 102 cm³/mol. The second-order valence-corrected chi connectivity index (χ2v) is 6.47. The Morgan fingerprint density at radius 3 is 2.46 bits per heavy atom. The molecule has 8 heteroatoms. The third-order valence-corrected chi connectivity index (χ3v) is 4.57. The number of rotatable bonds is 6. The number of nitrogens with zero attached hydrogens (tertiary/aromatic N) is 1. The van der Waals surface area contributed by atoms with Crippen LogP contribution in [0.15, 0.2) is 42.5 Å². The van der Waals surface area contributed by atoms with Gasteiger partial charge in [-0.3, -0.25) is 9.59 Å². The Kier molecular flexibility index (Phi) is 6.08. The second kappa shape index (κ2) is 8.69. The van der Waals surface area contributed by atoms with Crippen LogP contribution in [-0.2, 0) is 0 Å². The molecule has 0 spiro atoms. The van der Waals surface area contributed by atoms with Crippen molar-refractivity contribution in [3.8, 4) is 5.75 Å². The Hall–Kier alpha value is -3.16. The van der Waals surface area contributed by atoms with Gasteiger partial charge in [-0.15, -0.1) is 0 Å². The van der Waals surface area contributed by atoms with Gasteiger partial charge in [-0.25, -0.2) is 0 Å². The standard InChI is InChI=1S/C20H21F2N3O3/c21-20(22)28-17-7-3-2-6-14(17)19(27)24-15-12-13(18(23)26)8-9-16(15)25-10-4-1-5-11-25/h2-3,6-9,12,20H,1,4-5,10-11H2,(H2,23,26)(H,24,27). The number of amides is 2. The summed E-state index contributed by atoms with van der Waals surface area (Å²) in [6.45, 7) is -1.40. The molecular formula is C20H21F2N3O3. The number of carbonyl (C=O) groups is 2. The third-order valence-electron chi connectivity index (χ3n) is 4.57. The SMILES string of the molecule is NC(=O)c1ccc(N2CCCCC2)c(NC(=O)c2ccccc2OC(F)F)c1. The lowest BCUT2D eigenvalue weighted by atomic mass is 10.1. The zero-order chi connectivity index (χ0) is 20.1. The number of hydrogen-bond donors (Lipinski definition) is 2. The minimum absolute atomic E-state index is 0.0307. The molecule has 2 amide bonds. The number of benzene rings is 2. The fourth-order valence-corrected chi connectivity index (χ4v) is 3.24. The summed E-state index contributed by atoms with van der Waals surface area (Å²) < 4.78 is 29.7. The van der Waals surface area contributed by atoms with Gasteiger partial charge in [0.25, 0.3) is 5.91 Å². The van der Waals surface area contributed by atoms with Gasteiger partial charge in [0, 0.05) is 18.7 Å². The number of nitrogens with one attached hydrogen (secondary N) is 1. The van der Waals surface area contributed by atoms with Gasteiger partial charge in [-0.1, -0.05) is 12.1 Å². The largest absolute Gasteiger partial charge is 0.434 e. The Morgan fingerprint density at radius 2 is 1.79 bits per heavy atom. The van der Waals surface area contributed by atoms with Crippen molar-refractivity contribution in [2.45, 2.75) is 25.9 Å². The number of primary amides is 1. The average Bonchev–Trinajstić information content (AvgIpc) is 2.68. The van der Waals surface area contributed by atoms with Crippen molar-refractivity contribution in [3.05, 3.63) is 53.6 Å². The first kappa shape index (κ1) is 19.6. The summed E-state index contributed by atoms with van der Waals surface area (Å²) in [7, 11) is 0. The van der Waals surface area contributed by atoms with Crippen LogP contribution < -0.4 is 20.7 Å². The van der Waals surface area contributed by atoms with Crippen molar-refractivity contribution in [1.29, 1.82) is 0 Å². The summed E-state index contributed by atoms with van der Waals surface area (Å²) in [6, 6.07) is 10.6. The van der Waals surface area contributed by atoms with Crippen LogP contribution in [0, 0.1) is 0 Å². The number of halogens is 2. The molecular weight excluding hydrogens is 368 g/mol. The maximum atomic E-state index is 12.8. The van der Waals surface area contributed by atoms with E-state index in [9.17, 15) is 18.4 Å². The number of nitrogens with two attached hydrogens (primary N) is 1. The molecule has 1 aliphatic heterocycles. The van der Waals surface area contributed by atoms with Crippen LogP contribution in [0.25, 0.3) is 0 Å². The van der Waals surface area contributed by atoms with Gasteiger partial charge in [-0.05, 0) is 49.6 Å². The Labute approximate surface area is 161 Å². The number of carbonyl (C=O) groups excluding carboxylic acids is 2. The van der Waals surface area contributed by atoms with E-state index in [1.165, 1.54) is 24.3 Å². The molecule has 28 heavy (non-hydrogen) atoms. The van der Waals surface area contributed by atoms with Gasteiger partial charge >= 0.3 is 6.61 Å². The van der Waals surface area contributed by atoms with Crippen molar-refractivity contribution >= 4 is 23.2 Å². The van der Waals surface area contributed by atoms with Crippen LogP contribution in [0.5, 0.6) is 5.75 Å². The molecule has 0 atom stereocenters. The van der Waals surface area contributed by atoms with Crippen molar-refractivity contribution in [3.63, 3.8) is 0 Å². The van der Waals surface area contributed by atoms with E-state index in [1.807, 2.05) is 0 Å². The summed E-state index contributed by atoms with van der Waals surface area (Å²) in [5, 5.41) is 2.72. The van der Waals surface area contributed by atoms with Crippen LogP contribution in [0.3, 0.4) is 0 Å². The van der Waals surface area contributed by atoms with Crippen molar-refractivity contribution in [1.82, 2.24) is 0 Å². The number of hydrogen-bond acceptors (Lipinski definition) is 4. The smallest absolute Gasteiger partial charge is 0.387 e. The molecule has 3 N–H and O–H groups in total. The van der Waals surface area contributed by atoms with E-state index in [-0.39, 0.29) is 16.9 Å². The lowest BCUT2D eigenvalue weighted by molar-refractivity contribution is -0.0501. The van der Waals surface area contributed by atoms with Gasteiger partial charge in [0.1, 0.15) is 5.75 Å². The van der Waals surface area contributed by atoms with Gasteiger partial charge < -0.3 is 20.7 Å². The molecule has 148 valence electrons. The molecule has 2 aromatic rings. The molecule has 1 fully saturated rings. The fraction of sp³-hybridized carbons (Fsp3) is 0.300. The van der Waals surface area contributed by atoms with Crippen LogP contribution in [0.2, 0.25) is 0 Å². The van der Waals surface area contributed by atoms with Crippen LogP contribution in [0.4, 0.5) is 20.2 Å². The molecule has 3 rings (SSSR count). The van der Waals surface area contributed by atoms with Crippen molar-refractivity contribution in [2.75, 3.05) is 23.3 Å². The summed E-state index contributed by atoms with van der Waals surface area (Å²) in [6.07, 6.45) is 3.18. The minimum atomic E-state index is -3.05. The van der Waals surface area contributed by atoms with E-state index in [2.05, 4.69) is 15.0 Å². The number of anilines is 2. The van der Waals surface area contributed by atoms with Crippen LogP contribution in [0.1, 0.15) is 40.0 Å². The quantitative estimate of drug-likeness (QED) is 0.790. The molecule has 6 nitrogen and oxygen atoms in total. The highest BCUT2D eigenvalue weighted by Crippen LogP contribution is 2.31. The number of para-hydroxylation sites is 1. The second-order valence-electron chi connectivity index (χ2n) is 6.47. The highest BCUT2D eigenvalue weighted by atomic mass is 19.3. The maximum absolute atomic E-state index is 12.8. The van der Waals surface area contributed by atoms with E-state index in [0.29, 0.717) is 5.69 Å². The van der Waals surface area contributed by atoms with Crippen molar-refractivity contribution in [2.24, 2.45) is 5.73 Å². The molecule has 1 saturated heterocycles. The molecule has 0 radical (unpaired) electrons. The maximum Gasteiger partial charge on any atom is 0.387 e. The van der Waals surface area contributed by atoms with Crippen LogP contribution >= 0.6 is 0 Å². The zero-order valence-electron chi connectivity index (χ0n) is 15.2. The summed E-state index contributed by atoms with van der Waals surface area (Å²) >= 11 is 0. The van der Waals surface area contributed by atoms with Crippen LogP contribution in [-0.4, -0.2) is 31.5 Å². The van der Waals surface area contributed by atoms with E-state index < -0.39 is 18.4 Å². The lowest BCUT2D eigenvalue weighted by Crippen LogP contribution is -2.30. The molecule has 2 aromatic carbocycles. The Morgan fingerprint density at radius 1 is 1.07 bits per heavy atom. The molecule has 1 aliphatic rings. The van der Waals surface area contributed by atoms with Gasteiger partial charge in [0.2, 0.25) is 5.91 Å². The monoisotopic (exact) mass is 389 g/mol. The average molecular weight is 389 g/mol. The Bertz CT molecular complexity index is 868. The Balaban J connectivity index is 1.93. The number of alkyl halides is 2. The van der Waals surface area contributed by atoms with Gasteiger partial charge in [0.15, 0.2) is 0 Å². The topological polar surface area (TPSA) is 84.7 Å². The number of ether oxygens (including phenoxy) is 1. The lowest BCUT2D eigenvalue weighted by Gasteiger charge is -2.30. The van der Waals surface area contributed by atoms with Gasteiger partial charge in [-0.2, -0.15) is 8.78 Å². The first-order valence-electron chi connectivity index (χ1n) is 8.99. The molecule has 1 heterocycles. The summed E-state index contributed by atoms with van der Waals surface area (Å²) in [5.74, 6) is -1.46. The first-order chi connectivity index (χ1) is 13.5. The zero-order valence-corrected chi connectivity index (χ0v) is 15.2. The van der Waals surface area contributed by atoms with E-state index in [4.69, 9.17) is 5.73 Å². The third kappa shape index (κ3) is 4.57. The summed E-state index contributed by atoms with van der Waals surface area (Å²) in [4.78, 5) is 26.4. The van der Waals surface area contributed by atoms with E-state index >= 15 is 0 Å². The molecule has 0 bridgehead atoms. The minimum Gasteiger partial charge on any atom is -0.434 e. The van der Waals surface area contributed by atoms with E-state index in [1.54, 1.807) is 18.2 Å². The molecule has 0 saturated carbocycles. The highest BCUT2D eigenvalue weighted by Gasteiger charge is 2.20. The van der Waals surface area contributed by atoms with E-state index in [0.717, 1.165) is 38.0 Å². The first-order valence-corrected chi connectivity index (χ1v) is 8.99. The highest BCUT2D eigenvalue weighted by molar-refractivity contribution is 6.08.